The Bertz CT molecular complexity index is 215. The SMILES string of the molecule is CCC(CCN)CNC(=O)CC1CCCCO1. The largest absolute Gasteiger partial charge is 0.378 e. The highest BCUT2D eigenvalue weighted by Gasteiger charge is 2.17. The van der Waals surface area contributed by atoms with Crippen LogP contribution in [0, 0.1) is 5.92 Å². The Balaban J connectivity index is 2.14. The van der Waals surface area contributed by atoms with Gasteiger partial charge in [0.1, 0.15) is 0 Å². The molecule has 1 saturated heterocycles. The van der Waals surface area contributed by atoms with Crippen LogP contribution >= 0.6 is 0 Å². The predicted molar refractivity (Wildman–Crippen MR) is 68.7 cm³/mol. The zero-order chi connectivity index (χ0) is 12.5. The van der Waals surface area contributed by atoms with Crippen molar-refractivity contribution in [1.82, 2.24) is 5.32 Å². The molecule has 2 unspecified atom stereocenters. The van der Waals surface area contributed by atoms with Crippen molar-refractivity contribution in [2.24, 2.45) is 11.7 Å². The normalized spacial score (nSPS) is 22.1. The van der Waals surface area contributed by atoms with E-state index < -0.39 is 0 Å². The van der Waals surface area contributed by atoms with E-state index in [1.165, 1.54) is 6.42 Å². The first-order valence-electron chi connectivity index (χ1n) is 6.84. The Labute approximate surface area is 104 Å². The van der Waals surface area contributed by atoms with Crippen molar-refractivity contribution < 1.29 is 9.53 Å². The Kier molecular flexibility index (Phi) is 7.21. The number of carbonyl (C=O) groups is 1. The maximum Gasteiger partial charge on any atom is 0.222 e. The quantitative estimate of drug-likeness (QED) is 0.710. The van der Waals surface area contributed by atoms with Crippen molar-refractivity contribution in [2.75, 3.05) is 19.7 Å². The van der Waals surface area contributed by atoms with E-state index in [4.69, 9.17) is 10.5 Å². The van der Waals surface area contributed by atoms with E-state index in [2.05, 4.69) is 12.2 Å². The van der Waals surface area contributed by atoms with E-state index in [1.807, 2.05) is 0 Å². The van der Waals surface area contributed by atoms with Crippen molar-refractivity contribution in [1.29, 1.82) is 0 Å². The number of carbonyl (C=O) groups excluding carboxylic acids is 1. The van der Waals surface area contributed by atoms with Crippen LogP contribution in [0.25, 0.3) is 0 Å². The van der Waals surface area contributed by atoms with Crippen LogP contribution in [-0.2, 0) is 9.53 Å². The van der Waals surface area contributed by atoms with Crippen LogP contribution in [0.2, 0.25) is 0 Å². The van der Waals surface area contributed by atoms with Gasteiger partial charge in [-0.2, -0.15) is 0 Å². The van der Waals surface area contributed by atoms with E-state index in [0.717, 1.165) is 38.8 Å². The highest BCUT2D eigenvalue weighted by molar-refractivity contribution is 5.76. The molecule has 17 heavy (non-hydrogen) atoms. The van der Waals surface area contributed by atoms with Gasteiger partial charge < -0.3 is 15.8 Å². The second-order valence-electron chi connectivity index (χ2n) is 4.85. The molecule has 1 aliphatic heterocycles. The van der Waals surface area contributed by atoms with Gasteiger partial charge in [0.15, 0.2) is 0 Å². The molecule has 3 N–H and O–H groups in total. The standard InChI is InChI=1S/C13H26N2O2/c1-2-11(6-7-14)10-15-13(16)9-12-5-3-4-8-17-12/h11-12H,2-10,14H2,1H3,(H,15,16). The molecule has 1 rings (SSSR count). The molecule has 1 aliphatic rings. The van der Waals surface area contributed by atoms with Crippen LogP contribution in [0.4, 0.5) is 0 Å². The summed E-state index contributed by atoms with van der Waals surface area (Å²) in [5.74, 6) is 0.628. The summed E-state index contributed by atoms with van der Waals surface area (Å²) in [5, 5.41) is 2.99. The fourth-order valence-electron chi connectivity index (χ4n) is 2.19. The molecule has 0 aliphatic carbocycles. The fourth-order valence-corrected chi connectivity index (χ4v) is 2.19. The lowest BCUT2D eigenvalue weighted by Gasteiger charge is -2.22. The molecule has 1 heterocycles. The topological polar surface area (TPSA) is 64.3 Å². The Hall–Kier alpha value is -0.610. The van der Waals surface area contributed by atoms with Gasteiger partial charge in [-0.1, -0.05) is 13.3 Å². The van der Waals surface area contributed by atoms with Gasteiger partial charge >= 0.3 is 0 Å². The number of nitrogens with one attached hydrogen (secondary N) is 1. The minimum absolute atomic E-state index is 0.118. The molecule has 0 saturated carbocycles. The summed E-state index contributed by atoms with van der Waals surface area (Å²) < 4.78 is 5.55. The van der Waals surface area contributed by atoms with Crippen LogP contribution in [0.5, 0.6) is 0 Å². The van der Waals surface area contributed by atoms with E-state index in [1.54, 1.807) is 0 Å². The van der Waals surface area contributed by atoms with Crippen molar-refractivity contribution in [3.05, 3.63) is 0 Å². The van der Waals surface area contributed by atoms with Gasteiger partial charge in [0, 0.05) is 13.2 Å². The van der Waals surface area contributed by atoms with Crippen LogP contribution in [0.3, 0.4) is 0 Å². The average Bonchev–Trinajstić information content (AvgIpc) is 2.35. The summed E-state index contributed by atoms with van der Waals surface area (Å²) in [4.78, 5) is 11.7. The van der Waals surface area contributed by atoms with Gasteiger partial charge in [0.25, 0.3) is 0 Å². The molecule has 1 fully saturated rings. The molecule has 2 atom stereocenters. The first-order valence-corrected chi connectivity index (χ1v) is 6.84. The maximum atomic E-state index is 11.7. The van der Waals surface area contributed by atoms with Gasteiger partial charge in [-0.25, -0.2) is 0 Å². The Morgan fingerprint density at radius 3 is 2.94 bits per heavy atom. The van der Waals surface area contributed by atoms with Gasteiger partial charge in [0.2, 0.25) is 5.91 Å². The van der Waals surface area contributed by atoms with Gasteiger partial charge in [-0.15, -0.1) is 0 Å². The third-order valence-corrected chi connectivity index (χ3v) is 3.43. The van der Waals surface area contributed by atoms with Gasteiger partial charge in [0.05, 0.1) is 12.5 Å². The first kappa shape index (κ1) is 14.5. The summed E-state index contributed by atoms with van der Waals surface area (Å²) in [6, 6.07) is 0. The first-order chi connectivity index (χ1) is 8.26. The lowest BCUT2D eigenvalue weighted by molar-refractivity contribution is -0.125. The number of hydrogen-bond donors (Lipinski definition) is 2. The molecule has 0 aromatic rings. The molecule has 100 valence electrons. The van der Waals surface area contributed by atoms with Crippen LogP contribution in [0.1, 0.15) is 45.4 Å². The van der Waals surface area contributed by atoms with Crippen molar-refractivity contribution in [3.8, 4) is 0 Å². The van der Waals surface area contributed by atoms with Gasteiger partial charge in [-0.05, 0) is 38.1 Å². The van der Waals surface area contributed by atoms with Crippen LogP contribution in [-0.4, -0.2) is 31.7 Å². The van der Waals surface area contributed by atoms with E-state index in [0.29, 0.717) is 18.9 Å². The maximum absolute atomic E-state index is 11.7. The zero-order valence-corrected chi connectivity index (χ0v) is 10.9. The highest BCUT2D eigenvalue weighted by Crippen LogP contribution is 2.15. The van der Waals surface area contributed by atoms with E-state index >= 15 is 0 Å². The van der Waals surface area contributed by atoms with Crippen LogP contribution in [0.15, 0.2) is 0 Å². The number of hydrogen-bond acceptors (Lipinski definition) is 3. The monoisotopic (exact) mass is 242 g/mol. The summed E-state index contributed by atoms with van der Waals surface area (Å²) in [6.45, 7) is 4.39. The summed E-state index contributed by atoms with van der Waals surface area (Å²) in [5.41, 5.74) is 5.53. The second kappa shape index (κ2) is 8.48. The van der Waals surface area contributed by atoms with E-state index in [9.17, 15) is 4.79 Å². The predicted octanol–water partition coefficient (Wildman–Crippen LogP) is 1.44. The molecule has 0 radical (unpaired) electrons. The molecular weight excluding hydrogens is 216 g/mol. The number of rotatable bonds is 7. The van der Waals surface area contributed by atoms with E-state index in [-0.39, 0.29) is 12.0 Å². The minimum atomic E-state index is 0.118. The molecule has 1 amide bonds. The molecule has 0 bridgehead atoms. The summed E-state index contributed by atoms with van der Waals surface area (Å²) in [7, 11) is 0. The van der Waals surface area contributed by atoms with Crippen molar-refractivity contribution in [2.45, 2.75) is 51.6 Å². The summed E-state index contributed by atoms with van der Waals surface area (Å²) >= 11 is 0. The molecule has 4 heteroatoms. The molecule has 0 aromatic heterocycles. The molecular formula is C13H26N2O2. The molecule has 0 aromatic carbocycles. The van der Waals surface area contributed by atoms with Gasteiger partial charge in [-0.3, -0.25) is 4.79 Å². The smallest absolute Gasteiger partial charge is 0.222 e. The highest BCUT2D eigenvalue weighted by atomic mass is 16.5. The third kappa shape index (κ3) is 6.03. The zero-order valence-electron chi connectivity index (χ0n) is 10.9. The lowest BCUT2D eigenvalue weighted by atomic mass is 10.0. The lowest BCUT2D eigenvalue weighted by Crippen LogP contribution is -2.33. The Morgan fingerprint density at radius 1 is 1.53 bits per heavy atom. The number of ether oxygens (including phenoxy) is 1. The molecule has 0 spiro atoms. The average molecular weight is 242 g/mol. The van der Waals surface area contributed by atoms with Crippen molar-refractivity contribution in [3.63, 3.8) is 0 Å². The second-order valence-corrected chi connectivity index (χ2v) is 4.85. The molecule has 4 nitrogen and oxygen atoms in total. The van der Waals surface area contributed by atoms with Crippen LogP contribution < -0.4 is 11.1 Å². The Morgan fingerprint density at radius 2 is 2.35 bits per heavy atom. The van der Waals surface area contributed by atoms with Crippen molar-refractivity contribution >= 4 is 5.91 Å². The number of amides is 1. The third-order valence-electron chi connectivity index (χ3n) is 3.43. The fraction of sp³-hybridized carbons (Fsp3) is 0.923. The summed E-state index contributed by atoms with van der Waals surface area (Å²) in [6.07, 6.45) is 6.04. The number of nitrogens with two attached hydrogens (primary N) is 1. The minimum Gasteiger partial charge on any atom is -0.378 e.